The number of nitrogens with zero attached hydrogens (tertiary/aromatic N) is 4. The van der Waals surface area contributed by atoms with Crippen molar-refractivity contribution in [2.45, 2.75) is 19.4 Å². The number of amides is 1. The van der Waals surface area contributed by atoms with E-state index in [1.54, 1.807) is 11.3 Å². The topological polar surface area (TPSA) is 61.4 Å². The van der Waals surface area contributed by atoms with Gasteiger partial charge in [0.1, 0.15) is 5.82 Å². The molecular formula is C23H27N5OS. The Morgan fingerprint density at radius 1 is 1.07 bits per heavy atom. The van der Waals surface area contributed by atoms with Gasteiger partial charge in [-0.05, 0) is 24.2 Å². The Kier molecular flexibility index (Phi) is 6.71. The average Bonchev–Trinajstić information content (AvgIpc) is 3.20. The van der Waals surface area contributed by atoms with Crippen molar-refractivity contribution in [1.29, 1.82) is 0 Å². The zero-order chi connectivity index (χ0) is 20.8. The molecule has 1 amide bonds. The van der Waals surface area contributed by atoms with Gasteiger partial charge in [-0.25, -0.2) is 9.97 Å². The molecule has 1 aliphatic rings. The number of pyridine rings is 1. The zero-order valence-corrected chi connectivity index (χ0v) is 18.1. The van der Waals surface area contributed by atoms with E-state index in [0.29, 0.717) is 13.0 Å². The molecule has 3 aromatic rings. The molecule has 0 unspecified atom stereocenters. The number of anilines is 1. The molecule has 0 radical (unpaired) electrons. The maximum absolute atomic E-state index is 12.3. The fourth-order valence-electron chi connectivity index (χ4n) is 3.45. The molecule has 30 heavy (non-hydrogen) atoms. The maximum Gasteiger partial charge on any atom is 0.226 e. The third-order valence-electron chi connectivity index (χ3n) is 5.27. The third-order valence-corrected chi connectivity index (χ3v) is 6.16. The lowest BCUT2D eigenvalue weighted by Crippen LogP contribution is -2.44. The lowest BCUT2D eigenvalue weighted by Gasteiger charge is -2.33. The summed E-state index contributed by atoms with van der Waals surface area (Å²) in [4.78, 5) is 26.1. The summed E-state index contributed by atoms with van der Waals surface area (Å²) in [5, 5.41) is 5.99. The summed E-state index contributed by atoms with van der Waals surface area (Å²) in [6.45, 7) is 4.60. The monoisotopic (exact) mass is 421 g/mol. The number of hydrogen-bond donors (Lipinski definition) is 1. The van der Waals surface area contributed by atoms with Crippen molar-refractivity contribution in [1.82, 2.24) is 20.2 Å². The van der Waals surface area contributed by atoms with E-state index in [2.05, 4.69) is 44.3 Å². The van der Waals surface area contributed by atoms with Crippen molar-refractivity contribution in [3.63, 3.8) is 0 Å². The van der Waals surface area contributed by atoms with Gasteiger partial charge in [-0.1, -0.05) is 36.4 Å². The Morgan fingerprint density at radius 2 is 1.87 bits per heavy atom. The van der Waals surface area contributed by atoms with Crippen molar-refractivity contribution < 1.29 is 4.79 Å². The number of thiazole rings is 1. The first kappa shape index (κ1) is 20.5. The van der Waals surface area contributed by atoms with Crippen molar-refractivity contribution in [2.75, 3.05) is 38.1 Å². The molecule has 3 heterocycles. The van der Waals surface area contributed by atoms with Gasteiger partial charge in [0.15, 0.2) is 0 Å². The molecule has 1 saturated heterocycles. The number of carbonyl (C=O) groups excluding carboxylic acids is 1. The van der Waals surface area contributed by atoms with Crippen LogP contribution in [0, 0.1) is 0 Å². The second-order valence-electron chi connectivity index (χ2n) is 7.66. The van der Waals surface area contributed by atoms with E-state index in [9.17, 15) is 4.79 Å². The summed E-state index contributed by atoms with van der Waals surface area (Å²) in [7, 11) is 2.15. The van der Waals surface area contributed by atoms with Gasteiger partial charge in [-0.3, -0.25) is 4.79 Å². The molecule has 1 aliphatic heterocycles. The molecule has 0 saturated carbocycles. The van der Waals surface area contributed by atoms with E-state index in [1.807, 2.05) is 41.9 Å². The SMILES string of the molecule is CN1CCN(c2ccc(CNC(=O)Cc3csc(Cc4ccccc4)n3)cn2)CC1. The summed E-state index contributed by atoms with van der Waals surface area (Å²) in [6, 6.07) is 14.3. The summed E-state index contributed by atoms with van der Waals surface area (Å²) in [5.41, 5.74) is 3.06. The molecule has 1 N–H and O–H groups in total. The Hall–Kier alpha value is -2.77. The number of aromatic nitrogens is 2. The van der Waals surface area contributed by atoms with Crippen LogP contribution in [0.4, 0.5) is 5.82 Å². The number of piperazine rings is 1. The summed E-state index contributed by atoms with van der Waals surface area (Å²) in [6.07, 6.45) is 2.96. The number of carbonyl (C=O) groups is 1. The molecule has 1 fully saturated rings. The summed E-state index contributed by atoms with van der Waals surface area (Å²) >= 11 is 1.61. The quantitative estimate of drug-likeness (QED) is 0.636. The number of nitrogens with one attached hydrogen (secondary N) is 1. The van der Waals surface area contributed by atoms with Crippen molar-refractivity contribution >= 4 is 23.1 Å². The highest BCUT2D eigenvalue weighted by atomic mass is 32.1. The van der Waals surface area contributed by atoms with Crippen LogP contribution in [-0.2, 0) is 24.2 Å². The number of benzene rings is 1. The van der Waals surface area contributed by atoms with E-state index < -0.39 is 0 Å². The molecule has 0 atom stereocenters. The first-order valence-corrected chi connectivity index (χ1v) is 11.2. The molecule has 0 spiro atoms. The molecule has 6 nitrogen and oxygen atoms in total. The minimum Gasteiger partial charge on any atom is -0.354 e. The summed E-state index contributed by atoms with van der Waals surface area (Å²) in [5.74, 6) is 0.987. The molecular weight excluding hydrogens is 394 g/mol. The molecule has 156 valence electrons. The first-order valence-electron chi connectivity index (χ1n) is 10.3. The van der Waals surface area contributed by atoms with Crippen LogP contribution < -0.4 is 10.2 Å². The van der Waals surface area contributed by atoms with Gasteiger partial charge in [0, 0.05) is 50.7 Å². The second kappa shape index (κ2) is 9.82. The first-order chi connectivity index (χ1) is 14.7. The predicted molar refractivity (Wildman–Crippen MR) is 121 cm³/mol. The predicted octanol–water partition coefficient (Wildman–Crippen LogP) is 2.74. The molecule has 0 aliphatic carbocycles. The Labute approximate surface area is 181 Å². The van der Waals surface area contributed by atoms with Crippen molar-refractivity contribution in [3.8, 4) is 0 Å². The van der Waals surface area contributed by atoms with Crippen LogP contribution in [0.3, 0.4) is 0 Å². The molecule has 7 heteroatoms. The van der Waals surface area contributed by atoms with E-state index in [-0.39, 0.29) is 5.91 Å². The number of rotatable bonds is 7. The smallest absolute Gasteiger partial charge is 0.226 e. The zero-order valence-electron chi connectivity index (χ0n) is 17.3. The minimum absolute atomic E-state index is 0.0188. The highest BCUT2D eigenvalue weighted by Crippen LogP contribution is 2.16. The largest absolute Gasteiger partial charge is 0.354 e. The van der Waals surface area contributed by atoms with Gasteiger partial charge in [0.05, 0.1) is 17.1 Å². The number of hydrogen-bond acceptors (Lipinski definition) is 6. The van der Waals surface area contributed by atoms with Gasteiger partial charge in [0.2, 0.25) is 5.91 Å². The normalized spacial score (nSPS) is 14.6. The van der Waals surface area contributed by atoms with E-state index in [4.69, 9.17) is 0 Å². The van der Waals surface area contributed by atoms with Gasteiger partial charge in [-0.15, -0.1) is 11.3 Å². The van der Waals surface area contributed by atoms with Crippen LogP contribution >= 0.6 is 11.3 Å². The molecule has 2 aromatic heterocycles. The van der Waals surface area contributed by atoms with E-state index in [0.717, 1.165) is 54.7 Å². The van der Waals surface area contributed by atoms with E-state index in [1.165, 1.54) is 5.56 Å². The van der Waals surface area contributed by atoms with Gasteiger partial charge >= 0.3 is 0 Å². The Balaban J connectivity index is 1.24. The average molecular weight is 422 g/mol. The highest BCUT2D eigenvalue weighted by Gasteiger charge is 2.15. The Morgan fingerprint density at radius 3 is 2.60 bits per heavy atom. The van der Waals surface area contributed by atoms with Crippen molar-refractivity contribution in [3.05, 3.63) is 75.9 Å². The van der Waals surface area contributed by atoms with Crippen LogP contribution in [0.5, 0.6) is 0 Å². The lowest BCUT2D eigenvalue weighted by atomic mass is 10.2. The standard InChI is InChI=1S/C23H27N5OS/c1-27-9-11-28(12-10-27)21-8-7-19(15-24-21)16-25-22(29)14-20-17-30-23(26-20)13-18-5-3-2-4-6-18/h2-8,15,17H,9-14,16H2,1H3,(H,25,29). The van der Waals surface area contributed by atoms with Crippen LogP contribution in [0.2, 0.25) is 0 Å². The van der Waals surface area contributed by atoms with Crippen molar-refractivity contribution in [2.24, 2.45) is 0 Å². The summed E-state index contributed by atoms with van der Waals surface area (Å²) < 4.78 is 0. The lowest BCUT2D eigenvalue weighted by molar-refractivity contribution is -0.120. The van der Waals surface area contributed by atoms with Gasteiger partial charge in [-0.2, -0.15) is 0 Å². The van der Waals surface area contributed by atoms with Crippen LogP contribution in [0.1, 0.15) is 21.8 Å². The van der Waals surface area contributed by atoms with Gasteiger partial charge in [0.25, 0.3) is 0 Å². The second-order valence-corrected chi connectivity index (χ2v) is 8.61. The highest BCUT2D eigenvalue weighted by molar-refractivity contribution is 7.09. The minimum atomic E-state index is -0.0188. The van der Waals surface area contributed by atoms with Crippen LogP contribution in [0.15, 0.2) is 54.0 Å². The molecule has 1 aromatic carbocycles. The fourth-order valence-corrected chi connectivity index (χ4v) is 4.28. The third kappa shape index (κ3) is 5.64. The maximum atomic E-state index is 12.3. The van der Waals surface area contributed by atoms with Gasteiger partial charge < -0.3 is 15.1 Å². The Bertz CT molecular complexity index is 949. The molecule has 0 bridgehead atoms. The van der Waals surface area contributed by atoms with Crippen LogP contribution in [-0.4, -0.2) is 54.0 Å². The fraction of sp³-hybridized carbons (Fsp3) is 0.348. The number of likely N-dealkylation sites (N-methyl/N-ethyl adjacent to an activating group) is 1. The molecule has 4 rings (SSSR count). The van der Waals surface area contributed by atoms with E-state index >= 15 is 0 Å². The van der Waals surface area contributed by atoms with Crippen LogP contribution in [0.25, 0.3) is 0 Å².